The number of hydrogen-bond acceptors (Lipinski definition) is 24. The molecule has 2 aliphatic heterocycles. The Balaban J connectivity index is 0.929. The quantitative estimate of drug-likeness (QED) is 0.0542. The summed E-state index contributed by atoms with van der Waals surface area (Å²) in [6.45, 7) is 2.69. The van der Waals surface area contributed by atoms with Gasteiger partial charge in [-0.3, -0.25) is 33.6 Å². The zero-order valence-electron chi connectivity index (χ0n) is 49.7. The summed E-state index contributed by atoms with van der Waals surface area (Å²) < 4.78 is 5.36. The smallest absolute Gasteiger partial charge is 0.341 e. The Morgan fingerprint density at radius 2 is 1.33 bits per heavy atom. The molecule has 6 amide bonds. The van der Waals surface area contributed by atoms with Gasteiger partial charge in [0.1, 0.15) is 93.8 Å². The molecule has 2 aromatic carbocycles. The molecular formula is C62H57N13O13S6. The van der Waals surface area contributed by atoms with Crippen molar-refractivity contribution in [3.05, 3.63) is 147 Å². The second-order valence-corrected chi connectivity index (χ2v) is 28.2. The first-order chi connectivity index (χ1) is 45.2. The number of nitrogens with zero attached hydrogens (tertiary/aromatic N) is 8. The lowest BCUT2D eigenvalue weighted by Crippen LogP contribution is -2.50. The number of nitrogens with two attached hydrogens (primary N) is 1. The second kappa shape index (κ2) is 27.8. The van der Waals surface area contributed by atoms with Gasteiger partial charge in [0, 0.05) is 62.3 Å². The minimum Gasteiger partial charge on any atom is -0.482 e. The maximum Gasteiger partial charge on any atom is 0.341 e. The first-order valence-electron chi connectivity index (χ1n) is 29.4. The predicted octanol–water partition coefficient (Wildman–Crippen LogP) is 7.42. The van der Waals surface area contributed by atoms with E-state index in [-0.39, 0.29) is 57.5 Å². The van der Waals surface area contributed by atoms with Gasteiger partial charge in [0.15, 0.2) is 6.61 Å². The van der Waals surface area contributed by atoms with Crippen LogP contribution in [0.15, 0.2) is 93.6 Å². The number of rotatable bonds is 13. The third-order valence-corrected chi connectivity index (χ3v) is 21.7. The number of fused-ring (bicyclic) bond motifs is 16. The fourth-order valence-corrected chi connectivity index (χ4v) is 16.6. The molecule has 3 aliphatic rings. The number of carboxylic acid groups (broad SMARTS) is 2. The van der Waals surface area contributed by atoms with Crippen LogP contribution in [0.5, 0.6) is 5.75 Å². The van der Waals surface area contributed by atoms with Gasteiger partial charge in [0.2, 0.25) is 11.8 Å². The van der Waals surface area contributed by atoms with Gasteiger partial charge < -0.3 is 57.1 Å². The summed E-state index contributed by atoms with van der Waals surface area (Å²) in [5, 5.41) is 63.9. The van der Waals surface area contributed by atoms with Crippen LogP contribution in [-0.4, -0.2) is 139 Å². The van der Waals surface area contributed by atoms with Gasteiger partial charge in [0.25, 0.3) is 23.6 Å². The molecule has 484 valence electrons. The minimum absolute atomic E-state index is 0.0428. The minimum atomic E-state index is -1.44. The molecule has 1 aliphatic carbocycles. The lowest BCUT2D eigenvalue weighted by molar-refractivity contribution is -0.143. The number of carbonyl (C=O) groups is 8. The van der Waals surface area contributed by atoms with E-state index in [1.165, 1.54) is 61.8 Å². The fraction of sp³-hybridized carbons (Fsp3) is 0.306. The Kier molecular flexibility index (Phi) is 19.2. The number of amides is 6. The summed E-state index contributed by atoms with van der Waals surface area (Å²) in [4.78, 5) is 144. The number of carboxylic acids is 2. The fourth-order valence-electron chi connectivity index (χ4n) is 11.3. The molecule has 7 atom stereocenters. The number of primary amides is 1. The zero-order chi connectivity index (χ0) is 66.1. The maximum absolute atomic E-state index is 15.3. The van der Waals surface area contributed by atoms with Gasteiger partial charge in [-0.1, -0.05) is 49.4 Å². The summed E-state index contributed by atoms with van der Waals surface area (Å²) in [6.07, 6.45) is -1.06. The summed E-state index contributed by atoms with van der Waals surface area (Å²) >= 11 is 6.80. The van der Waals surface area contributed by atoms with E-state index in [9.17, 15) is 54.0 Å². The van der Waals surface area contributed by atoms with Crippen LogP contribution >= 0.6 is 68.0 Å². The van der Waals surface area contributed by atoms with E-state index in [1.807, 2.05) is 0 Å². The molecule has 26 nitrogen and oxygen atoms in total. The molecule has 10 bridgehead atoms. The number of ether oxygens (including phenoxy) is 1. The molecule has 7 aromatic heterocycles. The van der Waals surface area contributed by atoms with E-state index in [4.69, 9.17) is 30.4 Å². The van der Waals surface area contributed by atoms with Crippen molar-refractivity contribution in [3.63, 3.8) is 0 Å². The molecule has 0 spiro atoms. The largest absolute Gasteiger partial charge is 0.482 e. The highest BCUT2D eigenvalue weighted by Crippen LogP contribution is 2.43. The van der Waals surface area contributed by atoms with E-state index in [0.717, 1.165) is 34.0 Å². The Bertz CT molecular complexity index is 4370. The normalized spacial score (nSPS) is 21.3. The van der Waals surface area contributed by atoms with Crippen LogP contribution in [0.3, 0.4) is 0 Å². The third-order valence-electron chi connectivity index (χ3n) is 16.2. The van der Waals surface area contributed by atoms with Gasteiger partial charge in [0.05, 0.1) is 36.2 Å². The van der Waals surface area contributed by atoms with Crippen molar-refractivity contribution in [1.29, 1.82) is 0 Å². The third kappa shape index (κ3) is 14.2. The molecule has 1 saturated heterocycles. The van der Waals surface area contributed by atoms with Crippen LogP contribution in [0.25, 0.3) is 43.4 Å². The number of thiazole rings is 6. The molecule has 0 radical (unpaired) electrons. The average Bonchev–Trinajstić information content (AvgIpc) is 1.63. The van der Waals surface area contributed by atoms with Crippen molar-refractivity contribution < 1.29 is 63.5 Å². The second-order valence-electron chi connectivity index (χ2n) is 22.6. The van der Waals surface area contributed by atoms with Crippen molar-refractivity contribution >= 4 is 115 Å². The van der Waals surface area contributed by atoms with Crippen LogP contribution in [0.1, 0.15) is 136 Å². The summed E-state index contributed by atoms with van der Waals surface area (Å²) in [7, 11) is 0. The van der Waals surface area contributed by atoms with E-state index in [2.05, 4.69) is 36.2 Å². The Morgan fingerprint density at radius 3 is 2.06 bits per heavy atom. The lowest BCUT2D eigenvalue weighted by atomic mass is 9.86. The number of carbonyl (C=O) groups excluding carboxylic acids is 6. The van der Waals surface area contributed by atoms with Crippen LogP contribution in [0.4, 0.5) is 0 Å². The van der Waals surface area contributed by atoms with Gasteiger partial charge in [-0.2, -0.15) is 0 Å². The zero-order valence-corrected chi connectivity index (χ0v) is 54.6. The molecule has 12 rings (SSSR count). The summed E-state index contributed by atoms with van der Waals surface area (Å²) in [5.41, 5.74) is 8.50. The summed E-state index contributed by atoms with van der Waals surface area (Å²) in [5.74, 6) is -6.84. The molecule has 2 fully saturated rings. The Labute approximate surface area is 558 Å². The van der Waals surface area contributed by atoms with Crippen molar-refractivity contribution in [2.75, 3.05) is 13.2 Å². The van der Waals surface area contributed by atoms with Crippen molar-refractivity contribution in [2.24, 2.45) is 17.6 Å². The molecule has 0 unspecified atom stereocenters. The highest BCUT2D eigenvalue weighted by Gasteiger charge is 2.46. The standard InChI is InChI=1S/C62H57N13O13S6/c1-27-43(76)20-75-49(27)60-72-42(26-93-60)57-68-38(22-90-57)47-34(16-17-35(65-47)56-70-39(24-91-56)51(81)64-32-12-10-31(11-13-32)62(86)87)55-69-40(23-89-55)52(82)66-36(19-44(63)77)58-74-46(28(2)94-58)54(84)73-48(50(80)30-6-4-3-5-7-30)59-71-41(25-92-59)53(83)67-37(61(75)85)18-29-8-14-33(15-9-29)88-21-45(78)79/h3-9,14-17,22-27,31-32,36-37,43,48-50,76,80H,10-13,18-21H2,1-2H3,(H2,63,77)(H,64,81)(H,66,82)(H,67,83)(H,73,84)(H,78,79)(H,86,87)/t27-,31?,32?,36-,37-,43-,48-,49-,50+/m0/s1. The number of aromatic nitrogens is 7. The number of nitrogens with one attached hydrogen (secondary N) is 4. The first-order valence-corrected chi connectivity index (χ1v) is 34.6. The molecule has 9 aromatic rings. The number of pyridine rings is 1. The highest BCUT2D eigenvalue weighted by atomic mass is 32.1. The molecule has 94 heavy (non-hydrogen) atoms. The molecule has 1 saturated carbocycles. The van der Waals surface area contributed by atoms with Crippen molar-refractivity contribution in [2.45, 2.75) is 94.8 Å². The van der Waals surface area contributed by atoms with Gasteiger partial charge >= 0.3 is 11.9 Å². The molecule has 10 N–H and O–H groups in total. The Morgan fingerprint density at radius 1 is 0.681 bits per heavy atom. The average molecular weight is 1380 g/mol. The molecular weight excluding hydrogens is 1330 g/mol. The number of hydrogen-bond donors (Lipinski definition) is 9. The first kappa shape index (κ1) is 64.9. The van der Waals surface area contributed by atoms with Crippen LogP contribution in [0.2, 0.25) is 0 Å². The van der Waals surface area contributed by atoms with Crippen LogP contribution in [-0.2, 0) is 25.6 Å². The van der Waals surface area contributed by atoms with Gasteiger partial charge in [-0.15, -0.1) is 68.0 Å². The van der Waals surface area contributed by atoms with E-state index in [0.29, 0.717) is 90.1 Å². The number of aliphatic hydroxyl groups excluding tert-OH is 2. The van der Waals surface area contributed by atoms with Crippen LogP contribution < -0.4 is 31.7 Å². The van der Waals surface area contributed by atoms with E-state index in [1.54, 1.807) is 84.6 Å². The highest BCUT2D eigenvalue weighted by molar-refractivity contribution is 7.15. The monoisotopic (exact) mass is 1380 g/mol. The topological polar surface area (TPSA) is 394 Å². The Hall–Kier alpha value is -9.15. The maximum atomic E-state index is 15.3. The van der Waals surface area contributed by atoms with Crippen molar-refractivity contribution in [3.8, 4) is 49.1 Å². The van der Waals surface area contributed by atoms with Gasteiger partial charge in [-0.05, 0) is 68.0 Å². The van der Waals surface area contributed by atoms with E-state index < -0.39 is 109 Å². The predicted molar refractivity (Wildman–Crippen MR) is 348 cm³/mol. The number of aryl methyl sites for hydroxylation is 1. The summed E-state index contributed by atoms with van der Waals surface area (Å²) in [6, 6.07) is 13.4. The molecule has 9 heterocycles. The SMILES string of the molecule is Cc1sc2nc1C(=O)N[C@@H]([C@H](O)c1ccccc1)c1nc(cs1)C(=O)N[C@@H](Cc1ccc(OCC(=O)O)cc1)C(=O)N1C[C@H](O)[C@H](C)[C@H]1c1nc(cs1)-c1nc(cs1)-c1nc(-c3nc(C(=O)NC4CCC(C(=O)O)CC4)cs3)ccc1-c1nc(cs1)C(=O)N[C@H]2CC(N)=O. The van der Waals surface area contributed by atoms with Crippen molar-refractivity contribution in [1.82, 2.24) is 61.1 Å². The van der Waals surface area contributed by atoms with E-state index >= 15 is 4.79 Å². The van der Waals surface area contributed by atoms with Gasteiger partial charge in [-0.25, -0.2) is 39.7 Å². The van der Waals surface area contributed by atoms with Crippen LogP contribution in [0, 0.1) is 18.8 Å². The lowest BCUT2D eigenvalue weighted by Gasteiger charge is -2.29. The number of aliphatic hydroxyl groups is 2. The number of aliphatic carboxylic acids is 2. The molecule has 32 heteroatoms. The number of benzene rings is 2.